The van der Waals surface area contributed by atoms with Gasteiger partial charge in [0.25, 0.3) is 5.91 Å². The Kier molecular flexibility index (Phi) is 8.45. The van der Waals surface area contributed by atoms with E-state index in [1.807, 2.05) is 26.0 Å². The highest BCUT2D eigenvalue weighted by atomic mass is 32.2. The van der Waals surface area contributed by atoms with Crippen molar-refractivity contribution in [2.24, 2.45) is 5.92 Å². The van der Waals surface area contributed by atoms with Gasteiger partial charge in [-0.25, -0.2) is 8.42 Å². The average Bonchev–Trinajstić information content (AvgIpc) is 2.80. The summed E-state index contributed by atoms with van der Waals surface area (Å²) in [5, 5.41) is 2.99. The van der Waals surface area contributed by atoms with E-state index in [0.29, 0.717) is 25.2 Å². The third kappa shape index (κ3) is 5.97. The highest BCUT2D eigenvalue weighted by Gasteiger charge is 2.22. The Hall–Kier alpha value is -2.22. The first kappa shape index (κ1) is 24.4. The molecule has 3 rings (SSSR count). The molecule has 7 heteroatoms. The van der Waals surface area contributed by atoms with Crippen LogP contribution >= 0.6 is 0 Å². The number of benzene rings is 2. The summed E-state index contributed by atoms with van der Waals surface area (Å²) in [6, 6.07) is 14.4. The van der Waals surface area contributed by atoms with Crippen molar-refractivity contribution in [3.8, 4) is 0 Å². The summed E-state index contributed by atoms with van der Waals surface area (Å²) in [5.41, 5.74) is 2.80. The Morgan fingerprint density at radius 1 is 1.00 bits per heavy atom. The summed E-state index contributed by atoms with van der Waals surface area (Å²) in [4.78, 5) is 15.4. The molecule has 2 aromatic carbocycles. The maximum atomic E-state index is 12.7. The maximum Gasteiger partial charge on any atom is 0.251 e. The Labute approximate surface area is 192 Å². The van der Waals surface area contributed by atoms with Crippen LogP contribution in [0.4, 0.5) is 0 Å². The molecule has 0 bridgehead atoms. The van der Waals surface area contributed by atoms with Crippen LogP contribution in [0.5, 0.6) is 0 Å². The fourth-order valence-electron chi connectivity index (χ4n) is 4.11. The molecule has 1 fully saturated rings. The van der Waals surface area contributed by atoms with Crippen molar-refractivity contribution in [1.29, 1.82) is 0 Å². The molecule has 0 atom stereocenters. The van der Waals surface area contributed by atoms with E-state index < -0.39 is 10.0 Å². The second-order valence-corrected chi connectivity index (χ2v) is 10.5. The smallest absolute Gasteiger partial charge is 0.251 e. The molecule has 1 N–H and O–H groups in total. The topological polar surface area (TPSA) is 69.7 Å². The van der Waals surface area contributed by atoms with Crippen molar-refractivity contribution in [2.75, 3.05) is 26.2 Å². The van der Waals surface area contributed by atoms with Crippen molar-refractivity contribution in [1.82, 2.24) is 14.5 Å². The van der Waals surface area contributed by atoms with Gasteiger partial charge in [-0.05, 0) is 67.2 Å². The van der Waals surface area contributed by atoms with E-state index in [-0.39, 0.29) is 10.8 Å². The van der Waals surface area contributed by atoms with Crippen LogP contribution in [-0.4, -0.2) is 49.7 Å². The molecule has 1 aliphatic heterocycles. The zero-order valence-corrected chi connectivity index (χ0v) is 20.2. The molecule has 2 aromatic rings. The first-order chi connectivity index (χ1) is 15.3. The standard InChI is InChI=1S/C25H35N3O3S/c1-4-28(5-2)32(30,31)24-12-10-21(11-13-24)25(29)26-18-22-8-6-7-9-23(22)19-27-16-14-20(3)15-17-27/h6-13,20H,4-5,14-19H2,1-3H3,(H,26,29). The van der Waals surface area contributed by atoms with Gasteiger partial charge in [0.05, 0.1) is 4.90 Å². The van der Waals surface area contributed by atoms with E-state index in [1.165, 1.54) is 34.8 Å². The van der Waals surface area contributed by atoms with E-state index in [1.54, 1.807) is 12.1 Å². The number of hydrogen-bond donors (Lipinski definition) is 1. The highest BCUT2D eigenvalue weighted by molar-refractivity contribution is 7.89. The molecule has 0 radical (unpaired) electrons. The van der Waals surface area contributed by atoms with Gasteiger partial charge in [0.2, 0.25) is 10.0 Å². The molecule has 6 nitrogen and oxygen atoms in total. The second-order valence-electron chi connectivity index (χ2n) is 8.52. The minimum Gasteiger partial charge on any atom is -0.348 e. The highest BCUT2D eigenvalue weighted by Crippen LogP contribution is 2.20. The largest absolute Gasteiger partial charge is 0.348 e. The predicted molar refractivity (Wildman–Crippen MR) is 128 cm³/mol. The lowest BCUT2D eigenvalue weighted by Gasteiger charge is -2.30. The van der Waals surface area contributed by atoms with E-state index in [2.05, 4.69) is 29.3 Å². The molecule has 1 aliphatic rings. The lowest BCUT2D eigenvalue weighted by atomic mass is 9.98. The van der Waals surface area contributed by atoms with E-state index in [0.717, 1.165) is 31.1 Å². The summed E-state index contributed by atoms with van der Waals surface area (Å²) >= 11 is 0. The zero-order chi connectivity index (χ0) is 23.1. The quantitative estimate of drug-likeness (QED) is 0.620. The molecule has 0 aliphatic carbocycles. The molecule has 0 saturated carbocycles. The summed E-state index contributed by atoms with van der Waals surface area (Å²) in [6.45, 7) is 10.3. The number of nitrogens with one attached hydrogen (secondary N) is 1. The van der Waals surface area contributed by atoms with Crippen LogP contribution in [0.15, 0.2) is 53.4 Å². The van der Waals surface area contributed by atoms with Gasteiger partial charge in [0.1, 0.15) is 0 Å². The Bertz CT molecular complexity index is 993. The van der Waals surface area contributed by atoms with E-state index in [9.17, 15) is 13.2 Å². The van der Waals surface area contributed by atoms with Gasteiger partial charge in [-0.1, -0.05) is 45.0 Å². The number of piperidine rings is 1. The van der Waals surface area contributed by atoms with Crippen LogP contribution in [0.2, 0.25) is 0 Å². The number of sulfonamides is 1. The van der Waals surface area contributed by atoms with E-state index >= 15 is 0 Å². The van der Waals surface area contributed by atoms with Crippen LogP contribution < -0.4 is 5.32 Å². The van der Waals surface area contributed by atoms with Crippen LogP contribution in [0.25, 0.3) is 0 Å². The normalized spacial score (nSPS) is 15.8. The summed E-state index contributed by atoms with van der Waals surface area (Å²) in [6.07, 6.45) is 2.47. The number of amides is 1. The SMILES string of the molecule is CCN(CC)S(=O)(=O)c1ccc(C(=O)NCc2ccccc2CN2CCC(C)CC2)cc1. The van der Waals surface area contributed by atoms with Crippen LogP contribution in [0, 0.1) is 5.92 Å². The first-order valence-corrected chi connectivity index (χ1v) is 13.0. The van der Waals surface area contributed by atoms with Crippen molar-refractivity contribution >= 4 is 15.9 Å². The molecular weight excluding hydrogens is 422 g/mol. The van der Waals surface area contributed by atoms with Crippen molar-refractivity contribution in [3.05, 3.63) is 65.2 Å². The van der Waals surface area contributed by atoms with Crippen LogP contribution in [0.3, 0.4) is 0 Å². The fraction of sp³-hybridized carbons (Fsp3) is 0.480. The fourth-order valence-corrected chi connectivity index (χ4v) is 5.57. The molecule has 1 saturated heterocycles. The zero-order valence-electron chi connectivity index (χ0n) is 19.4. The lowest BCUT2D eigenvalue weighted by molar-refractivity contribution is 0.0950. The van der Waals surface area contributed by atoms with Gasteiger partial charge in [-0.15, -0.1) is 0 Å². The van der Waals surface area contributed by atoms with Gasteiger partial charge in [-0.2, -0.15) is 4.31 Å². The maximum absolute atomic E-state index is 12.7. The first-order valence-electron chi connectivity index (χ1n) is 11.5. The molecule has 0 aromatic heterocycles. The van der Waals surface area contributed by atoms with Gasteiger partial charge in [-0.3, -0.25) is 9.69 Å². The predicted octanol–water partition coefficient (Wildman–Crippen LogP) is 3.88. The summed E-state index contributed by atoms with van der Waals surface area (Å²) < 4.78 is 26.7. The number of likely N-dealkylation sites (tertiary alicyclic amines) is 1. The third-order valence-electron chi connectivity index (χ3n) is 6.29. The monoisotopic (exact) mass is 457 g/mol. The van der Waals surface area contributed by atoms with E-state index in [4.69, 9.17) is 0 Å². The third-order valence-corrected chi connectivity index (χ3v) is 8.35. The van der Waals surface area contributed by atoms with Gasteiger partial charge >= 0.3 is 0 Å². The van der Waals surface area contributed by atoms with Gasteiger partial charge < -0.3 is 5.32 Å². The molecule has 0 spiro atoms. The van der Waals surface area contributed by atoms with Crippen LogP contribution in [0.1, 0.15) is 55.1 Å². The number of nitrogens with zero attached hydrogens (tertiary/aromatic N) is 2. The Morgan fingerprint density at radius 2 is 1.59 bits per heavy atom. The Morgan fingerprint density at radius 3 is 2.19 bits per heavy atom. The molecule has 1 heterocycles. The van der Waals surface area contributed by atoms with Crippen molar-refractivity contribution in [3.63, 3.8) is 0 Å². The molecular formula is C25H35N3O3S. The van der Waals surface area contributed by atoms with Crippen molar-refractivity contribution in [2.45, 2.75) is 51.6 Å². The number of carbonyl (C=O) groups excluding carboxylic acids is 1. The minimum atomic E-state index is -3.53. The Balaban J connectivity index is 1.63. The summed E-state index contributed by atoms with van der Waals surface area (Å²) in [7, 11) is -3.53. The molecule has 174 valence electrons. The number of rotatable bonds is 9. The average molecular weight is 458 g/mol. The summed E-state index contributed by atoms with van der Waals surface area (Å²) in [5.74, 6) is 0.590. The molecule has 32 heavy (non-hydrogen) atoms. The second kappa shape index (κ2) is 11.1. The number of carbonyl (C=O) groups is 1. The number of hydrogen-bond acceptors (Lipinski definition) is 4. The van der Waals surface area contributed by atoms with Gasteiger partial charge in [0, 0.05) is 31.7 Å². The lowest BCUT2D eigenvalue weighted by Crippen LogP contribution is -2.33. The minimum absolute atomic E-state index is 0.207. The molecule has 0 unspecified atom stereocenters. The van der Waals surface area contributed by atoms with Gasteiger partial charge in [0.15, 0.2) is 0 Å². The van der Waals surface area contributed by atoms with Crippen LogP contribution in [-0.2, 0) is 23.1 Å². The van der Waals surface area contributed by atoms with Crippen molar-refractivity contribution < 1.29 is 13.2 Å². The molecule has 1 amide bonds.